The number of ether oxygens (including phenoxy) is 2. The van der Waals surface area contributed by atoms with Gasteiger partial charge in [-0.05, 0) is 31.7 Å². The van der Waals surface area contributed by atoms with Crippen LogP contribution in [-0.4, -0.2) is 28.2 Å². The number of nitrogen functional groups attached to an aromatic ring is 1. The Bertz CT molecular complexity index is 596. The molecule has 134 valence electrons. The highest BCUT2D eigenvalue weighted by atomic mass is 16.6. The summed E-state index contributed by atoms with van der Waals surface area (Å²) in [5, 5.41) is 0. The number of carbonyl (C=O) groups excluding carboxylic acids is 1. The Morgan fingerprint density at radius 2 is 2.12 bits per heavy atom. The zero-order valence-corrected chi connectivity index (χ0v) is 14.4. The zero-order valence-electron chi connectivity index (χ0n) is 14.4. The fourth-order valence-corrected chi connectivity index (χ4v) is 3.03. The van der Waals surface area contributed by atoms with Gasteiger partial charge in [-0.2, -0.15) is 4.98 Å². The number of hydrogen-bond acceptors (Lipinski definition) is 6. The Labute approximate surface area is 142 Å². The van der Waals surface area contributed by atoms with Gasteiger partial charge in [-0.1, -0.05) is 26.7 Å². The van der Waals surface area contributed by atoms with E-state index in [4.69, 9.17) is 15.2 Å². The highest BCUT2D eigenvalue weighted by Crippen LogP contribution is 2.27. The summed E-state index contributed by atoms with van der Waals surface area (Å²) in [6.45, 7) is 4.37. The Morgan fingerprint density at radius 3 is 2.75 bits per heavy atom. The maximum atomic E-state index is 12.2. The van der Waals surface area contributed by atoms with E-state index >= 15 is 0 Å². The summed E-state index contributed by atoms with van der Waals surface area (Å²) in [5.74, 6) is 0.0239. The van der Waals surface area contributed by atoms with Crippen LogP contribution in [0.25, 0.3) is 0 Å². The van der Waals surface area contributed by atoms with Gasteiger partial charge in [0.15, 0.2) is 0 Å². The minimum atomic E-state index is -0.427. The predicted octanol–water partition coefficient (Wildman–Crippen LogP) is 2.26. The summed E-state index contributed by atoms with van der Waals surface area (Å²) in [6, 6.07) is 1.57. The Balaban J connectivity index is 1.85. The van der Waals surface area contributed by atoms with Crippen molar-refractivity contribution in [1.82, 2.24) is 9.55 Å². The van der Waals surface area contributed by atoms with Gasteiger partial charge in [-0.3, -0.25) is 9.36 Å². The molecule has 0 spiro atoms. The average Bonchev–Trinajstić information content (AvgIpc) is 3.01. The lowest BCUT2D eigenvalue weighted by molar-refractivity contribution is -0.153. The molecule has 0 amide bonds. The normalized spacial score (nSPS) is 20.5. The predicted molar refractivity (Wildman–Crippen MR) is 90.3 cm³/mol. The molecule has 1 aliphatic heterocycles. The third-order valence-corrected chi connectivity index (χ3v) is 4.27. The molecule has 2 unspecified atom stereocenters. The molecule has 7 nitrogen and oxygen atoms in total. The first-order chi connectivity index (χ1) is 11.5. The van der Waals surface area contributed by atoms with Crippen LogP contribution in [0.5, 0.6) is 0 Å². The number of aromatic nitrogens is 2. The van der Waals surface area contributed by atoms with E-state index in [0.717, 1.165) is 32.1 Å². The molecular weight excluding hydrogens is 310 g/mol. The van der Waals surface area contributed by atoms with Gasteiger partial charge in [-0.25, -0.2) is 4.79 Å². The number of nitrogens with zero attached hydrogens (tertiary/aromatic N) is 2. The maximum absolute atomic E-state index is 12.2. The van der Waals surface area contributed by atoms with Gasteiger partial charge < -0.3 is 15.2 Å². The van der Waals surface area contributed by atoms with Crippen molar-refractivity contribution < 1.29 is 14.3 Å². The molecule has 0 radical (unpaired) electrons. The van der Waals surface area contributed by atoms with Crippen molar-refractivity contribution in [3.8, 4) is 0 Å². The van der Waals surface area contributed by atoms with Crippen molar-refractivity contribution in [1.29, 1.82) is 0 Å². The number of esters is 1. The van der Waals surface area contributed by atoms with Crippen LogP contribution in [-0.2, 0) is 14.3 Å². The van der Waals surface area contributed by atoms with Crippen molar-refractivity contribution in [2.24, 2.45) is 5.92 Å². The van der Waals surface area contributed by atoms with E-state index in [9.17, 15) is 9.59 Å². The van der Waals surface area contributed by atoms with Gasteiger partial charge in [0.25, 0.3) is 0 Å². The fourth-order valence-electron chi connectivity index (χ4n) is 3.03. The van der Waals surface area contributed by atoms with Gasteiger partial charge in [0.2, 0.25) is 0 Å². The van der Waals surface area contributed by atoms with Gasteiger partial charge >= 0.3 is 11.7 Å². The summed E-state index contributed by atoms with van der Waals surface area (Å²) in [6.07, 6.45) is 6.08. The molecule has 1 fully saturated rings. The third-order valence-electron chi connectivity index (χ3n) is 4.27. The molecule has 1 aromatic heterocycles. The van der Waals surface area contributed by atoms with Crippen LogP contribution in [0.1, 0.15) is 58.6 Å². The van der Waals surface area contributed by atoms with Gasteiger partial charge in [-0.15, -0.1) is 0 Å². The highest BCUT2D eigenvalue weighted by Gasteiger charge is 2.29. The molecule has 0 saturated carbocycles. The van der Waals surface area contributed by atoms with Crippen LogP contribution in [0.15, 0.2) is 17.1 Å². The van der Waals surface area contributed by atoms with Crippen LogP contribution < -0.4 is 11.4 Å². The van der Waals surface area contributed by atoms with Crippen LogP contribution >= 0.6 is 0 Å². The number of hydrogen-bond donors (Lipinski definition) is 1. The van der Waals surface area contributed by atoms with E-state index in [-0.39, 0.29) is 36.6 Å². The lowest BCUT2D eigenvalue weighted by Crippen LogP contribution is -2.28. The minimum Gasteiger partial charge on any atom is -0.463 e. The van der Waals surface area contributed by atoms with Crippen LogP contribution in [0, 0.1) is 5.92 Å². The van der Waals surface area contributed by atoms with Crippen LogP contribution in [0.2, 0.25) is 0 Å². The van der Waals surface area contributed by atoms with Crippen molar-refractivity contribution in [3.05, 3.63) is 22.7 Å². The average molecular weight is 337 g/mol. The van der Waals surface area contributed by atoms with E-state index in [0.29, 0.717) is 6.42 Å². The Hall–Kier alpha value is -1.89. The topological polar surface area (TPSA) is 96.4 Å². The molecule has 7 heteroatoms. The molecule has 1 saturated heterocycles. The number of rotatable bonds is 8. The second kappa shape index (κ2) is 8.82. The van der Waals surface area contributed by atoms with Gasteiger partial charge in [0.1, 0.15) is 18.7 Å². The molecule has 2 N–H and O–H groups in total. The van der Waals surface area contributed by atoms with Crippen molar-refractivity contribution >= 4 is 11.8 Å². The summed E-state index contributed by atoms with van der Waals surface area (Å²) in [7, 11) is 0. The lowest BCUT2D eigenvalue weighted by atomic mass is 9.99. The maximum Gasteiger partial charge on any atom is 0.351 e. The molecule has 24 heavy (non-hydrogen) atoms. The zero-order chi connectivity index (χ0) is 17.5. The van der Waals surface area contributed by atoms with Gasteiger partial charge in [0.05, 0.1) is 12.0 Å². The first-order valence-corrected chi connectivity index (χ1v) is 8.71. The third kappa shape index (κ3) is 4.80. The Kier molecular flexibility index (Phi) is 6.78. The van der Waals surface area contributed by atoms with E-state index < -0.39 is 5.69 Å². The van der Waals surface area contributed by atoms with Crippen molar-refractivity contribution in [3.63, 3.8) is 0 Å². The standard InChI is InChI=1S/C17H27N3O4/c1-3-5-12(6-4-2)16(21)23-11-13-7-8-15(24-13)20-10-9-14(18)19-17(20)22/h9-10,12-13,15H,3-8,11H2,1-2H3,(H2,18,19,22). The van der Waals surface area contributed by atoms with E-state index in [2.05, 4.69) is 18.8 Å². The summed E-state index contributed by atoms with van der Waals surface area (Å²) < 4.78 is 12.7. The summed E-state index contributed by atoms with van der Waals surface area (Å²) >= 11 is 0. The second-order valence-corrected chi connectivity index (χ2v) is 6.24. The number of anilines is 1. The monoisotopic (exact) mass is 337 g/mol. The molecule has 1 aliphatic rings. The second-order valence-electron chi connectivity index (χ2n) is 6.24. The van der Waals surface area contributed by atoms with E-state index in [1.165, 1.54) is 4.57 Å². The van der Waals surface area contributed by atoms with E-state index in [1.807, 2.05) is 0 Å². The summed E-state index contributed by atoms with van der Waals surface area (Å²) in [4.78, 5) is 27.7. The van der Waals surface area contributed by atoms with Crippen LogP contribution in [0.3, 0.4) is 0 Å². The SMILES string of the molecule is CCCC(CCC)C(=O)OCC1CCC(n2ccc(N)nc2=O)O1. The first-order valence-electron chi connectivity index (χ1n) is 8.71. The number of nitrogens with two attached hydrogens (primary N) is 1. The molecular formula is C17H27N3O4. The number of carbonyl (C=O) groups is 1. The van der Waals surface area contributed by atoms with E-state index in [1.54, 1.807) is 12.3 Å². The molecule has 1 aromatic rings. The molecule has 0 aromatic carbocycles. The molecule has 0 aliphatic carbocycles. The summed E-state index contributed by atoms with van der Waals surface area (Å²) in [5.41, 5.74) is 5.06. The van der Waals surface area contributed by atoms with Crippen molar-refractivity contribution in [2.75, 3.05) is 12.3 Å². The highest BCUT2D eigenvalue weighted by molar-refractivity contribution is 5.72. The quantitative estimate of drug-likeness (QED) is 0.731. The lowest BCUT2D eigenvalue weighted by Gasteiger charge is -2.18. The molecule has 2 rings (SSSR count). The smallest absolute Gasteiger partial charge is 0.351 e. The van der Waals surface area contributed by atoms with Crippen LogP contribution in [0.4, 0.5) is 5.82 Å². The molecule has 2 heterocycles. The molecule has 0 bridgehead atoms. The largest absolute Gasteiger partial charge is 0.463 e. The fraction of sp³-hybridized carbons (Fsp3) is 0.706. The minimum absolute atomic E-state index is 0.0267. The van der Waals surface area contributed by atoms with Crippen molar-refractivity contribution in [2.45, 2.75) is 64.7 Å². The molecule has 2 atom stereocenters. The van der Waals surface area contributed by atoms with Gasteiger partial charge in [0, 0.05) is 6.20 Å². The Morgan fingerprint density at radius 1 is 1.42 bits per heavy atom. The first kappa shape index (κ1) is 18.4.